The zero-order chi connectivity index (χ0) is 22.9. The molecule has 184 valence electrons. The Balaban J connectivity index is 0.00000385. The molecular weight excluding hydrogens is 531 g/mol. The van der Waals surface area contributed by atoms with Crippen molar-refractivity contribution >= 4 is 47.4 Å². The molecule has 1 aromatic rings. The number of aliphatic imine (C=N–C) groups is 1. The fraction of sp³-hybridized carbons (Fsp3) is 0.625. The summed E-state index contributed by atoms with van der Waals surface area (Å²) in [6, 6.07) is 7.87. The largest absolute Gasteiger partial charge is 0.357 e. The third kappa shape index (κ3) is 8.13. The molecule has 0 aliphatic carbocycles. The van der Waals surface area contributed by atoms with Gasteiger partial charge >= 0.3 is 0 Å². The van der Waals surface area contributed by atoms with E-state index in [1.54, 1.807) is 0 Å². The maximum Gasteiger partial charge on any atom is 0.239 e. The number of likely N-dealkylation sites (tertiary alicyclic amines) is 1. The van der Waals surface area contributed by atoms with Crippen molar-refractivity contribution in [1.82, 2.24) is 20.0 Å². The first-order valence-electron chi connectivity index (χ1n) is 11.9. The van der Waals surface area contributed by atoms with Crippen LogP contribution in [0, 0.1) is 0 Å². The van der Waals surface area contributed by atoms with Crippen LogP contribution in [-0.4, -0.2) is 90.9 Å². The number of nitrogens with one attached hydrogen (secondary N) is 2. The molecule has 0 saturated carbocycles. The van der Waals surface area contributed by atoms with Crippen LogP contribution in [0.3, 0.4) is 0 Å². The zero-order valence-corrected chi connectivity index (χ0v) is 22.5. The number of piperazine rings is 1. The minimum Gasteiger partial charge on any atom is -0.357 e. The van der Waals surface area contributed by atoms with Gasteiger partial charge in [-0.3, -0.25) is 19.5 Å². The number of halogens is 1. The standard InChI is InChI=1S/C24H38N6O2.HI/c1-4-25-24(26-12-11-21-7-9-22(10-8-21)27-20(3)31)30-17-15-28(16-18-30)19(2)23(32)29-13-5-6-14-29;/h7-10,19H,4-6,11-18H2,1-3H3,(H,25,26)(H,27,31);1H. The van der Waals surface area contributed by atoms with Crippen molar-refractivity contribution in [2.24, 2.45) is 4.99 Å². The number of hydrogen-bond acceptors (Lipinski definition) is 4. The molecule has 2 amide bonds. The van der Waals surface area contributed by atoms with Crippen LogP contribution in [-0.2, 0) is 16.0 Å². The third-order valence-electron chi connectivity index (χ3n) is 6.21. The van der Waals surface area contributed by atoms with Gasteiger partial charge in [0.1, 0.15) is 0 Å². The van der Waals surface area contributed by atoms with E-state index in [9.17, 15) is 9.59 Å². The minimum atomic E-state index is -0.0625. The van der Waals surface area contributed by atoms with Gasteiger partial charge in [-0.15, -0.1) is 24.0 Å². The van der Waals surface area contributed by atoms with Gasteiger partial charge in [-0.05, 0) is 50.8 Å². The molecule has 0 bridgehead atoms. The Morgan fingerprint density at radius 3 is 2.21 bits per heavy atom. The molecule has 1 atom stereocenters. The van der Waals surface area contributed by atoms with E-state index in [-0.39, 0.29) is 41.8 Å². The van der Waals surface area contributed by atoms with Crippen molar-refractivity contribution in [1.29, 1.82) is 0 Å². The van der Waals surface area contributed by atoms with E-state index >= 15 is 0 Å². The molecule has 9 heteroatoms. The van der Waals surface area contributed by atoms with Crippen LogP contribution in [0.15, 0.2) is 29.3 Å². The highest BCUT2D eigenvalue weighted by Crippen LogP contribution is 2.14. The van der Waals surface area contributed by atoms with Crippen molar-refractivity contribution in [2.45, 2.75) is 46.1 Å². The topological polar surface area (TPSA) is 80.3 Å². The van der Waals surface area contributed by atoms with E-state index in [4.69, 9.17) is 4.99 Å². The molecule has 3 rings (SSSR count). The van der Waals surface area contributed by atoms with E-state index in [2.05, 4.69) is 27.4 Å². The molecule has 2 heterocycles. The smallest absolute Gasteiger partial charge is 0.239 e. The summed E-state index contributed by atoms with van der Waals surface area (Å²) in [4.78, 5) is 35.3. The molecule has 33 heavy (non-hydrogen) atoms. The van der Waals surface area contributed by atoms with E-state index in [0.717, 1.165) is 76.7 Å². The molecule has 2 fully saturated rings. The van der Waals surface area contributed by atoms with Crippen LogP contribution in [0.1, 0.15) is 39.2 Å². The van der Waals surface area contributed by atoms with Crippen LogP contribution in [0.2, 0.25) is 0 Å². The molecule has 1 aromatic carbocycles. The highest BCUT2D eigenvalue weighted by molar-refractivity contribution is 14.0. The van der Waals surface area contributed by atoms with Gasteiger partial charge in [0.2, 0.25) is 11.8 Å². The Morgan fingerprint density at radius 1 is 1.00 bits per heavy atom. The number of carbonyl (C=O) groups excluding carboxylic acids is 2. The number of rotatable bonds is 7. The van der Waals surface area contributed by atoms with Crippen molar-refractivity contribution < 1.29 is 9.59 Å². The monoisotopic (exact) mass is 570 g/mol. The lowest BCUT2D eigenvalue weighted by Gasteiger charge is -2.39. The molecule has 1 unspecified atom stereocenters. The van der Waals surface area contributed by atoms with E-state index in [1.165, 1.54) is 12.5 Å². The second-order valence-electron chi connectivity index (χ2n) is 8.60. The van der Waals surface area contributed by atoms with E-state index < -0.39 is 0 Å². The van der Waals surface area contributed by atoms with Gasteiger partial charge in [-0.25, -0.2) is 0 Å². The third-order valence-corrected chi connectivity index (χ3v) is 6.21. The molecule has 2 aliphatic rings. The maximum absolute atomic E-state index is 12.7. The van der Waals surface area contributed by atoms with Crippen LogP contribution >= 0.6 is 24.0 Å². The van der Waals surface area contributed by atoms with Crippen molar-refractivity contribution in [3.8, 4) is 0 Å². The van der Waals surface area contributed by atoms with Gasteiger partial charge in [0, 0.05) is 65.0 Å². The molecule has 0 radical (unpaired) electrons. The fourth-order valence-electron chi connectivity index (χ4n) is 4.35. The molecule has 2 aliphatic heterocycles. The van der Waals surface area contributed by atoms with Gasteiger partial charge in [0.15, 0.2) is 5.96 Å². The Bertz CT molecular complexity index is 787. The SMILES string of the molecule is CCNC(=NCCc1ccc(NC(C)=O)cc1)N1CCN(C(C)C(=O)N2CCCC2)CC1.I. The number of amides is 2. The van der Waals surface area contributed by atoms with Gasteiger partial charge < -0.3 is 20.4 Å². The lowest BCUT2D eigenvalue weighted by atomic mass is 10.1. The normalized spacial score (nSPS) is 18.0. The van der Waals surface area contributed by atoms with Gasteiger partial charge in [-0.2, -0.15) is 0 Å². The molecule has 8 nitrogen and oxygen atoms in total. The number of hydrogen-bond donors (Lipinski definition) is 2. The summed E-state index contributed by atoms with van der Waals surface area (Å²) in [6.45, 7) is 12.5. The zero-order valence-electron chi connectivity index (χ0n) is 20.2. The van der Waals surface area contributed by atoms with Gasteiger partial charge in [-0.1, -0.05) is 12.1 Å². The number of carbonyl (C=O) groups is 2. The number of anilines is 1. The van der Waals surface area contributed by atoms with Crippen molar-refractivity contribution in [2.75, 3.05) is 57.7 Å². The number of benzene rings is 1. The summed E-state index contributed by atoms with van der Waals surface area (Å²) in [5.41, 5.74) is 2.01. The average Bonchev–Trinajstić information content (AvgIpc) is 3.33. The first kappa shape index (κ1) is 27.4. The van der Waals surface area contributed by atoms with Crippen molar-refractivity contribution in [3.63, 3.8) is 0 Å². The summed E-state index contributed by atoms with van der Waals surface area (Å²) < 4.78 is 0. The summed E-state index contributed by atoms with van der Waals surface area (Å²) >= 11 is 0. The molecule has 2 N–H and O–H groups in total. The summed E-state index contributed by atoms with van der Waals surface area (Å²) in [7, 11) is 0. The highest BCUT2D eigenvalue weighted by Gasteiger charge is 2.30. The second-order valence-corrected chi connectivity index (χ2v) is 8.60. The fourth-order valence-corrected chi connectivity index (χ4v) is 4.35. The quantitative estimate of drug-likeness (QED) is 0.299. The molecular formula is C24H39IN6O2. The summed E-state index contributed by atoms with van der Waals surface area (Å²) in [5.74, 6) is 1.16. The minimum absolute atomic E-state index is 0. The molecule has 2 saturated heterocycles. The van der Waals surface area contributed by atoms with E-state index in [1.807, 2.05) is 36.1 Å². The first-order valence-corrected chi connectivity index (χ1v) is 11.9. The predicted octanol–water partition coefficient (Wildman–Crippen LogP) is 2.40. The summed E-state index contributed by atoms with van der Waals surface area (Å²) in [5, 5.41) is 6.20. The lowest BCUT2D eigenvalue weighted by Crippen LogP contribution is -2.57. The highest BCUT2D eigenvalue weighted by atomic mass is 127. The second kappa shape index (κ2) is 13.7. The first-order chi connectivity index (χ1) is 15.5. The van der Waals surface area contributed by atoms with Gasteiger partial charge in [0.05, 0.1) is 6.04 Å². The summed E-state index contributed by atoms with van der Waals surface area (Å²) in [6.07, 6.45) is 3.11. The van der Waals surface area contributed by atoms with Crippen LogP contribution in [0.4, 0.5) is 5.69 Å². The van der Waals surface area contributed by atoms with Crippen LogP contribution < -0.4 is 10.6 Å². The van der Waals surface area contributed by atoms with Crippen LogP contribution in [0.25, 0.3) is 0 Å². The van der Waals surface area contributed by atoms with E-state index in [0.29, 0.717) is 6.54 Å². The number of guanidine groups is 1. The number of nitrogens with zero attached hydrogens (tertiary/aromatic N) is 4. The Morgan fingerprint density at radius 2 is 1.64 bits per heavy atom. The predicted molar refractivity (Wildman–Crippen MR) is 144 cm³/mol. The Kier molecular flexibility index (Phi) is 11.4. The maximum atomic E-state index is 12.7. The average molecular weight is 571 g/mol. The molecule has 0 aromatic heterocycles. The van der Waals surface area contributed by atoms with Crippen molar-refractivity contribution in [3.05, 3.63) is 29.8 Å². The van der Waals surface area contributed by atoms with Crippen LogP contribution in [0.5, 0.6) is 0 Å². The lowest BCUT2D eigenvalue weighted by molar-refractivity contribution is -0.135. The van der Waals surface area contributed by atoms with Gasteiger partial charge in [0.25, 0.3) is 0 Å². The Labute approximate surface area is 215 Å². The molecule has 0 spiro atoms. The Hall–Kier alpha value is -1.88.